The van der Waals surface area contributed by atoms with Crippen molar-refractivity contribution in [1.29, 1.82) is 0 Å². The maximum Gasteiger partial charge on any atom is 0.335 e. The van der Waals surface area contributed by atoms with Crippen LogP contribution in [0.2, 0.25) is 0 Å². The Balaban J connectivity index is 2.66. The van der Waals surface area contributed by atoms with Gasteiger partial charge in [0, 0.05) is 19.5 Å². The first-order valence-corrected chi connectivity index (χ1v) is 5.17. The number of carboxylic acids is 1. The maximum absolute atomic E-state index is 10.8. The molecule has 4 nitrogen and oxygen atoms in total. The van der Waals surface area contributed by atoms with E-state index in [0.29, 0.717) is 5.56 Å². The molecule has 15 heavy (non-hydrogen) atoms. The van der Waals surface area contributed by atoms with E-state index in [1.54, 1.807) is 18.2 Å². The van der Waals surface area contributed by atoms with Crippen LogP contribution < -0.4 is 4.90 Å². The minimum Gasteiger partial charge on any atom is -0.478 e. The van der Waals surface area contributed by atoms with E-state index in [0.717, 1.165) is 15.9 Å². The molecule has 0 fully saturated rings. The first-order valence-electron chi connectivity index (χ1n) is 4.39. The van der Waals surface area contributed by atoms with E-state index in [1.807, 2.05) is 19.0 Å². The molecule has 1 aromatic heterocycles. The van der Waals surface area contributed by atoms with Gasteiger partial charge >= 0.3 is 5.97 Å². The van der Waals surface area contributed by atoms with Gasteiger partial charge in [0.1, 0.15) is 5.82 Å². The van der Waals surface area contributed by atoms with Crippen LogP contribution in [0.25, 0.3) is 10.1 Å². The van der Waals surface area contributed by atoms with Crippen molar-refractivity contribution in [3.05, 3.63) is 23.8 Å². The fraction of sp³-hybridized carbons (Fsp3) is 0.200. The van der Waals surface area contributed by atoms with Crippen LogP contribution in [-0.4, -0.2) is 29.5 Å². The predicted molar refractivity (Wildman–Crippen MR) is 60.9 cm³/mol. The molecule has 0 aliphatic rings. The molecule has 0 atom stereocenters. The van der Waals surface area contributed by atoms with Crippen molar-refractivity contribution in [2.75, 3.05) is 19.0 Å². The maximum atomic E-state index is 10.8. The zero-order valence-corrected chi connectivity index (χ0v) is 9.21. The predicted octanol–water partition coefficient (Wildman–Crippen LogP) is 2.06. The summed E-state index contributed by atoms with van der Waals surface area (Å²) in [5, 5.41) is 9.77. The normalized spacial score (nSPS) is 10.5. The van der Waals surface area contributed by atoms with E-state index in [2.05, 4.69) is 4.37 Å². The smallest absolute Gasteiger partial charge is 0.335 e. The number of rotatable bonds is 2. The largest absolute Gasteiger partial charge is 0.478 e. The van der Waals surface area contributed by atoms with E-state index >= 15 is 0 Å². The van der Waals surface area contributed by atoms with Crippen LogP contribution in [-0.2, 0) is 0 Å². The average molecular weight is 222 g/mol. The summed E-state index contributed by atoms with van der Waals surface area (Å²) in [7, 11) is 3.78. The molecule has 0 saturated heterocycles. The van der Waals surface area contributed by atoms with Gasteiger partial charge in [-0.25, -0.2) is 4.79 Å². The van der Waals surface area contributed by atoms with Crippen LogP contribution >= 0.6 is 11.5 Å². The molecule has 0 saturated carbocycles. The topological polar surface area (TPSA) is 53.4 Å². The minimum absolute atomic E-state index is 0.297. The SMILES string of the molecule is CN(C)c1nsc2ccc(C(=O)O)cc12. The second kappa shape index (κ2) is 3.51. The van der Waals surface area contributed by atoms with Crippen molar-refractivity contribution in [2.24, 2.45) is 0 Å². The van der Waals surface area contributed by atoms with E-state index in [4.69, 9.17) is 5.11 Å². The van der Waals surface area contributed by atoms with Crippen molar-refractivity contribution in [1.82, 2.24) is 4.37 Å². The lowest BCUT2D eigenvalue weighted by molar-refractivity contribution is 0.0697. The quantitative estimate of drug-likeness (QED) is 0.845. The summed E-state index contributed by atoms with van der Waals surface area (Å²) in [5.74, 6) is -0.0918. The van der Waals surface area contributed by atoms with E-state index in [9.17, 15) is 4.79 Å². The lowest BCUT2D eigenvalue weighted by Gasteiger charge is -2.08. The lowest BCUT2D eigenvalue weighted by Crippen LogP contribution is -2.09. The number of aromatic nitrogens is 1. The number of carboxylic acid groups (broad SMARTS) is 1. The third kappa shape index (κ3) is 1.66. The first-order chi connectivity index (χ1) is 7.09. The first kappa shape index (κ1) is 9.92. The summed E-state index contributed by atoms with van der Waals surface area (Å²) in [5.41, 5.74) is 0.297. The van der Waals surface area contributed by atoms with Crippen molar-refractivity contribution in [3.63, 3.8) is 0 Å². The molecule has 2 rings (SSSR count). The number of aromatic carboxylic acids is 1. The van der Waals surface area contributed by atoms with Crippen LogP contribution in [0.5, 0.6) is 0 Å². The minimum atomic E-state index is -0.909. The van der Waals surface area contributed by atoms with Gasteiger partial charge in [-0.1, -0.05) is 0 Å². The number of hydrogen-bond donors (Lipinski definition) is 1. The zero-order chi connectivity index (χ0) is 11.0. The second-order valence-corrected chi connectivity index (χ2v) is 4.22. The lowest BCUT2D eigenvalue weighted by atomic mass is 10.1. The molecule has 0 aliphatic carbocycles. The molecule has 0 bridgehead atoms. The third-order valence-corrected chi connectivity index (χ3v) is 2.94. The molecular formula is C10H10N2O2S. The van der Waals surface area contributed by atoms with E-state index < -0.39 is 5.97 Å². The molecule has 0 unspecified atom stereocenters. The summed E-state index contributed by atoms with van der Waals surface area (Å²) in [6, 6.07) is 5.06. The van der Waals surface area contributed by atoms with Gasteiger partial charge in [-0.05, 0) is 29.7 Å². The van der Waals surface area contributed by atoms with Gasteiger partial charge in [-0.15, -0.1) is 0 Å². The van der Waals surface area contributed by atoms with Crippen molar-refractivity contribution < 1.29 is 9.90 Å². The molecule has 0 amide bonds. The average Bonchev–Trinajstić information content (AvgIpc) is 2.59. The van der Waals surface area contributed by atoms with Crippen LogP contribution in [0.15, 0.2) is 18.2 Å². The van der Waals surface area contributed by atoms with Gasteiger partial charge in [0.25, 0.3) is 0 Å². The van der Waals surface area contributed by atoms with Gasteiger partial charge in [0.2, 0.25) is 0 Å². The fourth-order valence-corrected chi connectivity index (χ4v) is 2.21. The van der Waals surface area contributed by atoms with Crippen LogP contribution in [0.3, 0.4) is 0 Å². The Morgan fingerprint density at radius 2 is 2.20 bits per heavy atom. The number of benzene rings is 1. The molecule has 1 N–H and O–H groups in total. The van der Waals surface area contributed by atoms with Gasteiger partial charge in [-0.2, -0.15) is 4.37 Å². The highest BCUT2D eigenvalue weighted by molar-refractivity contribution is 7.13. The molecule has 0 aliphatic heterocycles. The van der Waals surface area contributed by atoms with Gasteiger partial charge in [-0.3, -0.25) is 0 Å². The summed E-state index contributed by atoms with van der Waals surface area (Å²) >= 11 is 1.38. The highest BCUT2D eigenvalue weighted by Crippen LogP contribution is 2.29. The van der Waals surface area contributed by atoms with E-state index in [-0.39, 0.29) is 0 Å². The molecule has 78 valence electrons. The molecule has 1 heterocycles. The monoisotopic (exact) mass is 222 g/mol. The van der Waals surface area contributed by atoms with Crippen LogP contribution in [0, 0.1) is 0 Å². The second-order valence-electron chi connectivity index (χ2n) is 3.42. The Morgan fingerprint density at radius 3 is 2.80 bits per heavy atom. The van der Waals surface area contributed by atoms with Gasteiger partial charge in [0.05, 0.1) is 10.3 Å². The van der Waals surface area contributed by atoms with Gasteiger partial charge in [0.15, 0.2) is 0 Å². The Hall–Kier alpha value is -1.62. The Bertz CT molecular complexity index is 519. The van der Waals surface area contributed by atoms with Crippen molar-refractivity contribution >= 4 is 33.4 Å². The summed E-state index contributed by atoms with van der Waals surface area (Å²) in [6.45, 7) is 0. The molecule has 0 radical (unpaired) electrons. The Labute approximate surface area is 90.9 Å². The molecule has 2 aromatic rings. The summed E-state index contributed by atoms with van der Waals surface area (Å²) < 4.78 is 5.27. The van der Waals surface area contributed by atoms with Gasteiger partial charge < -0.3 is 10.0 Å². The highest BCUT2D eigenvalue weighted by Gasteiger charge is 2.10. The number of fused-ring (bicyclic) bond motifs is 1. The third-order valence-electron chi connectivity index (χ3n) is 2.12. The fourth-order valence-electron chi connectivity index (χ4n) is 1.38. The molecule has 0 spiro atoms. The van der Waals surface area contributed by atoms with Crippen LogP contribution in [0.4, 0.5) is 5.82 Å². The number of anilines is 1. The standard InChI is InChI=1S/C10H10N2O2S/c1-12(2)9-7-5-6(10(13)14)3-4-8(7)15-11-9/h3-5H,1-2H3,(H,13,14). The zero-order valence-electron chi connectivity index (χ0n) is 8.39. The van der Waals surface area contributed by atoms with E-state index in [1.165, 1.54) is 11.5 Å². The number of hydrogen-bond acceptors (Lipinski definition) is 4. The molecular weight excluding hydrogens is 212 g/mol. The number of nitrogens with zero attached hydrogens (tertiary/aromatic N) is 2. The van der Waals surface area contributed by atoms with Crippen LogP contribution in [0.1, 0.15) is 10.4 Å². The Morgan fingerprint density at radius 1 is 1.47 bits per heavy atom. The van der Waals surface area contributed by atoms with Crippen molar-refractivity contribution in [3.8, 4) is 0 Å². The van der Waals surface area contributed by atoms with Crippen molar-refractivity contribution in [2.45, 2.75) is 0 Å². The summed E-state index contributed by atoms with van der Waals surface area (Å²) in [6.07, 6.45) is 0. The summed E-state index contributed by atoms with van der Waals surface area (Å²) in [4.78, 5) is 12.7. The molecule has 5 heteroatoms. The number of carbonyl (C=O) groups is 1. The Kier molecular flexibility index (Phi) is 2.32. The molecule has 1 aromatic carbocycles. The highest BCUT2D eigenvalue weighted by atomic mass is 32.1.